The molecule has 0 saturated carbocycles. The highest BCUT2D eigenvalue weighted by atomic mass is 32.2. The number of hydrogen-bond acceptors (Lipinski definition) is 5. The van der Waals surface area contributed by atoms with Crippen LogP contribution in [0.2, 0.25) is 0 Å². The third-order valence-electron chi connectivity index (χ3n) is 6.92. The highest BCUT2D eigenvalue weighted by Gasteiger charge is 2.35. The van der Waals surface area contributed by atoms with E-state index in [0.29, 0.717) is 25.6 Å². The van der Waals surface area contributed by atoms with E-state index >= 15 is 0 Å². The number of benzene rings is 3. The summed E-state index contributed by atoms with van der Waals surface area (Å²) in [5.74, 6) is -1.46. The van der Waals surface area contributed by atoms with Gasteiger partial charge >= 0.3 is 6.18 Å². The SMILES string of the molecule is CC(C)(O)c1ccc(OCCCN(Cc2cccc(C(F)(F)F)c2F)CC(C)(C)c2ccc(F)cc2)cc1S(C)(=O)=O. The Morgan fingerprint density at radius 1 is 0.905 bits per heavy atom. The van der Waals surface area contributed by atoms with Crippen LogP contribution < -0.4 is 4.74 Å². The van der Waals surface area contributed by atoms with E-state index in [9.17, 15) is 35.5 Å². The van der Waals surface area contributed by atoms with Gasteiger partial charge in [0.25, 0.3) is 0 Å². The number of nitrogens with zero attached hydrogens (tertiary/aromatic N) is 1. The lowest BCUT2D eigenvalue weighted by Gasteiger charge is -2.33. The van der Waals surface area contributed by atoms with Crippen molar-refractivity contribution in [3.8, 4) is 5.75 Å². The summed E-state index contributed by atoms with van der Waals surface area (Å²) in [5, 5.41) is 10.4. The average Bonchev–Trinajstić information content (AvgIpc) is 2.86. The van der Waals surface area contributed by atoms with E-state index in [1.165, 1.54) is 50.2 Å². The van der Waals surface area contributed by atoms with Crippen molar-refractivity contribution in [2.24, 2.45) is 0 Å². The van der Waals surface area contributed by atoms with Crippen LogP contribution in [0.5, 0.6) is 5.75 Å². The highest BCUT2D eigenvalue weighted by Crippen LogP contribution is 2.34. The van der Waals surface area contributed by atoms with Crippen LogP contribution >= 0.6 is 0 Å². The van der Waals surface area contributed by atoms with E-state index < -0.39 is 44.2 Å². The fourth-order valence-corrected chi connectivity index (χ4v) is 5.86. The van der Waals surface area contributed by atoms with Gasteiger partial charge in [-0.3, -0.25) is 4.90 Å². The summed E-state index contributed by atoms with van der Waals surface area (Å²) >= 11 is 0. The average molecular weight is 614 g/mol. The zero-order valence-corrected chi connectivity index (χ0v) is 25.0. The van der Waals surface area contributed by atoms with Crippen molar-refractivity contribution in [1.29, 1.82) is 0 Å². The maximum atomic E-state index is 14.9. The third kappa shape index (κ3) is 8.75. The zero-order chi connectivity index (χ0) is 31.5. The summed E-state index contributed by atoms with van der Waals surface area (Å²) in [6, 6.07) is 13.5. The van der Waals surface area contributed by atoms with Crippen LogP contribution in [-0.4, -0.2) is 44.4 Å². The van der Waals surface area contributed by atoms with Gasteiger partial charge in [-0.15, -0.1) is 0 Å². The molecule has 1 N–H and O–H groups in total. The minimum atomic E-state index is -4.84. The lowest BCUT2D eigenvalue weighted by molar-refractivity contribution is -0.140. The Kier molecular flexibility index (Phi) is 10.1. The Bertz CT molecular complexity index is 1480. The molecular formula is C31H36F5NO4S. The molecule has 0 amide bonds. The minimum Gasteiger partial charge on any atom is -0.494 e. The Morgan fingerprint density at radius 3 is 2.12 bits per heavy atom. The maximum absolute atomic E-state index is 14.9. The topological polar surface area (TPSA) is 66.8 Å². The monoisotopic (exact) mass is 613 g/mol. The molecule has 0 spiro atoms. The van der Waals surface area contributed by atoms with E-state index in [4.69, 9.17) is 4.74 Å². The lowest BCUT2D eigenvalue weighted by Crippen LogP contribution is -2.38. The Hall–Kier alpha value is -3.02. The first-order valence-electron chi connectivity index (χ1n) is 13.3. The number of hydrogen-bond donors (Lipinski definition) is 1. The van der Waals surface area contributed by atoms with E-state index in [2.05, 4.69) is 0 Å². The van der Waals surface area contributed by atoms with E-state index in [1.54, 1.807) is 18.2 Å². The summed E-state index contributed by atoms with van der Waals surface area (Å²) in [5.41, 5.74) is -2.38. The van der Waals surface area contributed by atoms with Crippen molar-refractivity contribution in [3.05, 3.63) is 94.6 Å². The first-order valence-corrected chi connectivity index (χ1v) is 15.2. The number of aliphatic hydroxyl groups is 1. The molecular weight excluding hydrogens is 577 g/mol. The molecule has 3 rings (SSSR count). The number of halogens is 5. The van der Waals surface area contributed by atoms with Gasteiger partial charge in [-0.05, 0) is 56.2 Å². The molecule has 230 valence electrons. The van der Waals surface area contributed by atoms with Gasteiger partial charge in [-0.2, -0.15) is 13.2 Å². The van der Waals surface area contributed by atoms with Crippen LogP contribution in [0.1, 0.15) is 56.4 Å². The first-order chi connectivity index (χ1) is 19.3. The van der Waals surface area contributed by atoms with Gasteiger partial charge in [0.15, 0.2) is 9.84 Å². The number of alkyl halides is 3. The van der Waals surface area contributed by atoms with Gasteiger partial charge in [-0.1, -0.05) is 44.2 Å². The fraction of sp³-hybridized carbons (Fsp3) is 0.419. The largest absolute Gasteiger partial charge is 0.494 e. The number of ether oxygens (including phenoxy) is 1. The van der Waals surface area contributed by atoms with Gasteiger partial charge in [0.2, 0.25) is 0 Å². The van der Waals surface area contributed by atoms with Gasteiger partial charge in [0.05, 0.1) is 22.7 Å². The van der Waals surface area contributed by atoms with Gasteiger partial charge in [0, 0.05) is 42.4 Å². The second kappa shape index (κ2) is 12.7. The van der Waals surface area contributed by atoms with Gasteiger partial charge in [-0.25, -0.2) is 17.2 Å². The standard InChI is InChI=1S/C31H36F5NO4S/c1-29(2,22-10-12-23(32)13-11-22)20-37(19-21-8-6-9-26(28(21)33)31(34,35)36)16-7-17-41-24-14-15-25(30(3,4)38)27(18-24)42(5,39)40/h6,8-15,18,38H,7,16-17,19-20H2,1-5H3. The molecule has 0 bridgehead atoms. The summed E-state index contributed by atoms with van der Waals surface area (Å²) in [6.07, 6.45) is -3.42. The van der Waals surface area contributed by atoms with Crippen molar-refractivity contribution >= 4 is 9.84 Å². The predicted octanol–water partition coefficient (Wildman–Crippen LogP) is 6.86. The van der Waals surface area contributed by atoms with E-state index in [-0.39, 0.29) is 34.9 Å². The predicted molar refractivity (Wildman–Crippen MR) is 151 cm³/mol. The molecule has 0 aliphatic rings. The molecule has 0 atom stereocenters. The smallest absolute Gasteiger partial charge is 0.419 e. The normalized spacial score (nSPS) is 13.0. The molecule has 42 heavy (non-hydrogen) atoms. The van der Waals surface area contributed by atoms with Crippen LogP contribution in [0.25, 0.3) is 0 Å². The fourth-order valence-electron chi connectivity index (χ4n) is 4.81. The first kappa shape index (κ1) is 33.5. The van der Waals surface area contributed by atoms with Gasteiger partial charge < -0.3 is 9.84 Å². The Balaban J connectivity index is 1.80. The molecule has 11 heteroatoms. The summed E-state index contributed by atoms with van der Waals surface area (Å²) in [7, 11) is -3.67. The van der Waals surface area contributed by atoms with Crippen LogP contribution in [0.15, 0.2) is 65.6 Å². The molecule has 0 radical (unpaired) electrons. The zero-order valence-electron chi connectivity index (χ0n) is 24.2. The van der Waals surface area contributed by atoms with Crippen LogP contribution in [0, 0.1) is 11.6 Å². The molecule has 0 aliphatic carbocycles. The third-order valence-corrected chi connectivity index (χ3v) is 8.06. The molecule has 5 nitrogen and oxygen atoms in total. The second-order valence-electron chi connectivity index (χ2n) is 11.6. The van der Waals surface area contributed by atoms with E-state index in [0.717, 1.165) is 11.8 Å². The second-order valence-corrected chi connectivity index (χ2v) is 13.6. The van der Waals surface area contributed by atoms with Crippen LogP contribution in [-0.2, 0) is 33.6 Å². The molecule has 0 saturated heterocycles. The lowest BCUT2D eigenvalue weighted by atomic mass is 9.84. The Labute approximate surface area is 243 Å². The molecule has 0 aromatic heterocycles. The molecule has 3 aromatic carbocycles. The van der Waals surface area contributed by atoms with Crippen molar-refractivity contribution in [2.45, 2.75) is 62.7 Å². The highest BCUT2D eigenvalue weighted by molar-refractivity contribution is 7.90. The Morgan fingerprint density at radius 2 is 1.55 bits per heavy atom. The van der Waals surface area contributed by atoms with Crippen molar-refractivity contribution in [2.75, 3.05) is 26.0 Å². The molecule has 0 unspecified atom stereocenters. The summed E-state index contributed by atoms with van der Waals surface area (Å²) in [4.78, 5) is 1.75. The van der Waals surface area contributed by atoms with Crippen molar-refractivity contribution in [1.82, 2.24) is 4.90 Å². The molecule has 3 aromatic rings. The number of rotatable bonds is 12. The van der Waals surface area contributed by atoms with Crippen LogP contribution in [0.3, 0.4) is 0 Å². The quantitative estimate of drug-likeness (QED) is 0.179. The van der Waals surface area contributed by atoms with Crippen molar-refractivity contribution < 1.29 is 40.2 Å². The minimum absolute atomic E-state index is 0.0600. The summed E-state index contributed by atoms with van der Waals surface area (Å²) < 4.78 is 98.9. The summed E-state index contributed by atoms with van der Waals surface area (Å²) in [6.45, 7) is 7.40. The number of sulfone groups is 1. The van der Waals surface area contributed by atoms with Crippen molar-refractivity contribution in [3.63, 3.8) is 0 Å². The molecule has 0 fully saturated rings. The molecule has 0 heterocycles. The maximum Gasteiger partial charge on any atom is 0.419 e. The van der Waals surface area contributed by atoms with Gasteiger partial charge in [0.1, 0.15) is 17.4 Å². The molecule has 0 aliphatic heterocycles. The van der Waals surface area contributed by atoms with E-state index in [1.807, 2.05) is 18.7 Å². The van der Waals surface area contributed by atoms with Crippen LogP contribution in [0.4, 0.5) is 22.0 Å².